The number of amides is 1. The molecule has 0 aromatic heterocycles. The van der Waals surface area contributed by atoms with Crippen molar-refractivity contribution in [3.05, 3.63) is 29.3 Å². The molecule has 1 aromatic carbocycles. The maximum Gasteiger partial charge on any atom is 0.410 e. The number of nitrogens with two attached hydrogens (primary N) is 1. The number of carbonyl (C=O) groups is 1. The van der Waals surface area contributed by atoms with E-state index in [9.17, 15) is 4.79 Å². The van der Waals surface area contributed by atoms with E-state index in [0.29, 0.717) is 5.92 Å². The van der Waals surface area contributed by atoms with Gasteiger partial charge in [0, 0.05) is 18.8 Å². The number of nitrogen functional groups attached to an aromatic ring is 1. The Labute approximate surface area is 159 Å². The summed E-state index contributed by atoms with van der Waals surface area (Å²) in [6.45, 7) is 14.1. The SMILES string of the molecule is CC(C)(C)OC(=O)N1CCC(CCc2cc(N)ccc2C(C)(C)C)CC1. The van der Waals surface area contributed by atoms with Crippen LogP contribution in [0.25, 0.3) is 0 Å². The maximum absolute atomic E-state index is 12.2. The maximum atomic E-state index is 12.2. The fraction of sp³-hybridized carbons (Fsp3) is 0.682. The molecule has 0 bridgehead atoms. The van der Waals surface area contributed by atoms with E-state index >= 15 is 0 Å². The lowest BCUT2D eigenvalue weighted by molar-refractivity contribution is 0.0181. The summed E-state index contributed by atoms with van der Waals surface area (Å²) in [5, 5.41) is 0. The van der Waals surface area contributed by atoms with Gasteiger partial charge >= 0.3 is 6.09 Å². The smallest absolute Gasteiger partial charge is 0.410 e. The minimum absolute atomic E-state index is 0.128. The van der Waals surface area contributed by atoms with Gasteiger partial charge in [-0.2, -0.15) is 0 Å². The minimum Gasteiger partial charge on any atom is -0.444 e. The second-order valence-electron chi connectivity index (χ2n) is 9.62. The Bertz CT molecular complexity index is 618. The van der Waals surface area contributed by atoms with Gasteiger partial charge in [-0.25, -0.2) is 4.79 Å². The van der Waals surface area contributed by atoms with E-state index in [2.05, 4.69) is 32.9 Å². The molecule has 1 aromatic rings. The van der Waals surface area contributed by atoms with E-state index in [1.54, 1.807) is 0 Å². The number of rotatable bonds is 3. The zero-order valence-electron chi connectivity index (χ0n) is 17.4. The Balaban J connectivity index is 1.89. The van der Waals surface area contributed by atoms with Gasteiger partial charge in [0.25, 0.3) is 0 Å². The Morgan fingerprint density at radius 1 is 1.15 bits per heavy atom. The van der Waals surface area contributed by atoms with Gasteiger partial charge in [0.15, 0.2) is 0 Å². The number of likely N-dealkylation sites (tertiary alicyclic amines) is 1. The summed E-state index contributed by atoms with van der Waals surface area (Å²) < 4.78 is 5.48. The number of hydrogen-bond acceptors (Lipinski definition) is 3. The van der Waals surface area contributed by atoms with Crippen LogP contribution in [0.4, 0.5) is 10.5 Å². The number of benzene rings is 1. The van der Waals surface area contributed by atoms with E-state index in [1.165, 1.54) is 11.1 Å². The first-order valence-electron chi connectivity index (χ1n) is 9.82. The molecular formula is C22H36N2O2. The van der Waals surface area contributed by atoms with Gasteiger partial charge in [-0.3, -0.25) is 0 Å². The lowest BCUT2D eigenvalue weighted by Gasteiger charge is -2.33. The van der Waals surface area contributed by atoms with Crippen LogP contribution in [0.2, 0.25) is 0 Å². The van der Waals surface area contributed by atoms with Gasteiger partial charge < -0.3 is 15.4 Å². The molecule has 1 aliphatic rings. The van der Waals surface area contributed by atoms with Crippen molar-refractivity contribution in [2.24, 2.45) is 5.92 Å². The molecule has 4 heteroatoms. The molecule has 0 radical (unpaired) electrons. The number of aryl methyl sites for hydroxylation is 1. The van der Waals surface area contributed by atoms with Crippen molar-refractivity contribution in [1.29, 1.82) is 0 Å². The predicted molar refractivity (Wildman–Crippen MR) is 108 cm³/mol. The first-order valence-corrected chi connectivity index (χ1v) is 9.82. The molecule has 4 nitrogen and oxygen atoms in total. The van der Waals surface area contributed by atoms with Crippen molar-refractivity contribution < 1.29 is 9.53 Å². The summed E-state index contributed by atoms with van der Waals surface area (Å²) in [5.41, 5.74) is 9.32. The zero-order valence-corrected chi connectivity index (χ0v) is 17.4. The third kappa shape index (κ3) is 5.93. The minimum atomic E-state index is -0.426. The summed E-state index contributed by atoms with van der Waals surface area (Å²) in [4.78, 5) is 14.0. The second-order valence-corrected chi connectivity index (χ2v) is 9.62. The quantitative estimate of drug-likeness (QED) is 0.759. The zero-order chi connectivity index (χ0) is 19.5. The van der Waals surface area contributed by atoms with E-state index in [-0.39, 0.29) is 11.5 Å². The lowest BCUT2D eigenvalue weighted by atomic mass is 9.81. The number of ether oxygens (including phenoxy) is 1. The second kappa shape index (κ2) is 7.89. The molecule has 1 heterocycles. The van der Waals surface area contributed by atoms with Gasteiger partial charge in [-0.05, 0) is 81.0 Å². The molecule has 1 saturated heterocycles. The van der Waals surface area contributed by atoms with Crippen LogP contribution in [0.3, 0.4) is 0 Å². The molecular weight excluding hydrogens is 324 g/mol. The summed E-state index contributed by atoms with van der Waals surface area (Å²) in [6.07, 6.45) is 4.12. The van der Waals surface area contributed by atoms with Gasteiger partial charge in [0.1, 0.15) is 5.60 Å². The van der Waals surface area contributed by atoms with Gasteiger partial charge in [0.2, 0.25) is 0 Å². The van der Waals surface area contributed by atoms with Crippen LogP contribution in [0.15, 0.2) is 18.2 Å². The monoisotopic (exact) mass is 360 g/mol. The highest BCUT2D eigenvalue weighted by Gasteiger charge is 2.27. The average Bonchev–Trinajstić information content (AvgIpc) is 2.50. The van der Waals surface area contributed by atoms with Crippen LogP contribution in [0, 0.1) is 5.92 Å². The van der Waals surface area contributed by atoms with Gasteiger partial charge in [-0.15, -0.1) is 0 Å². The van der Waals surface area contributed by atoms with Crippen LogP contribution in [-0.4, -0.2) is 29.7 Å². The van der Waals surface area contributed by atoms with Crippen LogP contribution in [0.5, 0.6) is 0 Å². The van der Waals surface area contributed by atoms with Crippen LogP contribution >= 0.6 is 0 Å². The van der Waals surface area contributed by atoms with Crippen molar-refractivity contribution in [2.75, 3.05) is 18.8 Å². The summed E-state index contributed by atoms with van der Waals surface area (Å²) in [5.74, 6) is 0.655. The van der Waals surface area contributed by atoms with Crippen molar-refractivity contribution in [3.8, 4) is 0 Å². The van der Waals surface area contributed by atoms with Gasteiger partial charge in [0.05, 0.1) is 0 Å². The summed E-state index contributed by atoms with van der Waals surface area (Å²) in [6, 6.07) is 6.32. The molecule has 1 fully saturated rings. The molecule has 2 rings (SSSR count). The van der Waals surface area contributed by atoms with Crippen LogP contribution in [0.1, 0.15) is 71.9 Å². The first kappa shape index (κ1) is 20.6. The normalized spacial score (nSPS) is 16.6. The largest absolute Gasteiger partial charge is 0.444 e. The first-order chi connectivity index (χ1) is 12.0. The number of nitrogens with zero attached hydrogens (tertiary/aromatic N) is 1. The van der Waals surface area contributed by atoms with Gasteiger partial charge in [-0.1, -0.05) is 26.8 Å². The van der Waals surface area contributed by atoms with E-state index in [0.717, 1.165) is 44.5 Å². The molecule has 1 amide bonds. The molecule has 146 valence electrons. The Morgan fingerprint density at radius 2 is 1.77 bits per heavy atom. The molecule has 0 spiro atoms. The molecule has 1 aliphatic heterocycles. The van der Waals surface area contributed by atoms with Crippen LogP contribution in [-0.2, 0) is 16.6 Å². The highest BCUT2D eigenvalue weighted by Crippen LogP contribution is 2.30. The summed E-state index contributed by atoms with van der Waals surface area (Å²) >= 11 is 0. The topological polar surface area (TPSA) is 55.6 Å². The predicted octanol–water partition coefficient (Wildman–Crippen LogP) is 5.15. The van der Waals surface area contributed by atoms with Crippen molar-refractivity contribution in [2.45, 2.75) is 78.2 Å². The molecule has 26 heavy (non-hydrogen) atoms. The standard InChI is InChI=1S/C22H36N2O2/c1-21(2,3)19-10-9-18(23)15-17(19)8-7-16-11-13-24(14-12-16)20(25)26-22(4,5)6/h9-10,15-16H,7-8,11-14,23H2,1-6H3. The van der Waals surface area contributed by atoms with E-state index < -0.39 is 5.60 Å². The number of anilines is 1. The van der Waals surface area contributed by atoms with E-state index in [4.69, 9.17) is 10.5 Å². The molecule has 0 unspecified atom stereocenters. The molecule has 0 aliphatic carbocycles. The molecule has 0 saturated carbocycles. The highest BCUT2D eigenvalue weighted by atomic mass is 16.6. The van der Waals surface area contributed by atoms with Crippen molar-refractivity contribution in [1.82, 2.24) is 4.90 Å². The Morgan fingerprint density at radius 3 is 2.31 bits per heavy atom. The van der Waals surface area contributed by atoms with E-state index in [1.807, 2.05) is 31.7 Å². The molecule has 2 N–H and O–H groups in total. The Kier molecular flexibility index (Phi) is 6.25. The van der Waals surface area contributed by atoms with Crippen molar-refractivity contribution in [3.63, 3.8) is 0 Å². The average molecular weight is 361 g/mol. The lowest BCUT2D eigenvalue weighted by Crippen LogP contribution is -2.41. The third-order valence-corrected chi connectivity index (χ3v) is 5.03. The Hall–Kier alpha value is -1.71. The van der Waals surface area contributed by atoms with Crippen molar-refractivity contribution >= 4 is 11.8 Å². The van der Waals surface area contributed by atoms with Crippen LogP contribution < -0.4 is 5.73 Å². The highest BCUT2D eigenvalue weighted by molar-refractivity contribution is 5.68. The summed E-state index contributed by atoms with van der Waals surface area (Å²) in [7, 11) is 0. The molecule has 0 atom stereocenters. The number of piperidine rings is 1. The number of carbonyl (C=O) groups excluding carboxylic acids is 1. The fourth-order valence-corrected chi connectivity index (χ4v) is 3.64. The fourth-order valence-electron chi connectivity index (χ4n) is 3.64. The third-order valence-electron chi connectivity index (χ3n) is 5.03. The number of hydrogen-bond donors (Lipinski definition) is 1.